The van der Waals surface area contributed by atoms with Crippen molar-refractivity contribution in [3.8, 4) is 0 Å². The number of hydrogen-bond acceptors (Lipinski definition) is 2. The van der Waals surface area contributed by atoms with Gasteiger partial charge in [-0.05, 0) is 11.6 Å². The Morgan fingerprint density at radius 3 is 2.80 bits per heavy atom. The van der Waals surface area contributed by atoms with E-state index < -0.39 is 11.0 Å². The molecule has 1 aliphatic heterocycles. The van der Waals surface area contributed by atoms with Crippen molar-refractivity contribution in [2.24, 2.45) is 0 Å². The number of alkyl halides is 1. The lowest BCUT2D eigenvalue weighted by Gasteiger charge is -2.38. The first kappa shape index (κ1) is 13.0. The second-order valence-electron chi connectivity index (χ2n) is 4.86. The van der Waals surface area contributed by atoms with Crippen LogP contribution in [-0.4, -0.2) is 16.1 Å². The van der Waals surface area contributed by atoms with Crippen LogP contribution >= 0.6 is 11.6 Å². The molecule has 0 spiro atoms. The summed E-state index contributed by atoms with van der Waals surface area (Å²) < 4.78 is 5.79. The minimum atomic E-state index is -1.30. The largest absolute Gasteiger partial charge is 0.481 e. The Balaban J connectivity index is 2.06. The number of allylic oxidation sites excluding steroid dienone is 3. The fourth-order valence-electron chi connectivity index (χ4n) is 2.56. The number of ether oxygens (including phenoxy) is 1. The molecule has 1 aliphatic carbocycles. The lowest BCUT2D eigenvalue weighted by molar-refractivity contribution is -0.140. The number of carboxylic acids is 1. The molecule has 1 aromatic carbocycles. The fourth-order valence-corrected chi connectivity index (χ4v) is 2.94. The summed E-state index contributed by atoms with van der Waals surface area (Å²) in [5.74, 6) is -0.658. The number of fused-ring (bicyclic) bond motifs is 1. The smallest absolute Gasteiger partial charge is 0.308 e. The first-order valence-corrected chi connectivity index (χ1v) is 6.71. The molecule has 2 aliphatic rings. The molecule has 1 N–H and O–H groups in total. The van der Waals surface area contributed by atoms with Gasteiger partial charge < -0.3 is 9.84 Å². The van der Waals surface area contributed by atoms with E-state index in [4.69, 9.17) is 21.4 Å². The number of hydrogen-bond donors (Lipinski definition) is 1. The average molecular weight is 289 g/mol. The Bertz CT molecular complexity index is 630. The van der Waals surface area contributed by atoms with E-state index in [-0.39, 0.29) is 12.3 Å². The van der Waals surface area contributed by atoms with Crippen LogP contribution in [0.4, 0.5) is 0 Å². The maximum absolute atomic E-state index is 11.1. The van der Waals surface area contributed by atoms with Gasteiger partial charge >= 0.3 is 5.97 Å². The van der Waals surface area contributed by atoms with Crippen LogP contribution in [0.2, 0.25) is 0 Å². The summed E-state index contributed by atoms with van der Waals surface area (Å²) in [4.78, 5) is 11.1. The van der Waals surface area contributed by atoms with Crippen LogP contribution in [0.15, 0.2) is 66.0 Å². The Labute approximate surface area is 121 Å². The third kappa shape index (κ3) is 2.25. The predicted molar refractivity (Wildman–Crippen MR) is 76.4 cm³/mol. The van der Waals surface area contributed by atoms with E-state index in [1.165, 1.54) is 0 Å². The van der Waals surface area contributed by atoms with Crippen LogP contribution in [0.3, 0.4) is 0 Å². The summed E-state index contributed by atoms with van der Waals surface area (Å²) in [6.07, 6.45) is 7.31. The Hall–Kier alpha value is -2.00. The van der Waals surface area contributed by atoms with Gasteiger partial charge in [-0.2, -0.15) is 0 Å². The van der Waals surface area contributed by atoms with E-state index >= 15 is 0 Å². The highest BCUT2D eigenvalue weighted by Crippen LogP contribution is 2.47. The molecule has 1 aromatic rings. The van der Waals surface area contributed by atoms with Crippen LogP contribution in [0, 0.1) is 0 Å². The summed E-state index contributed by atoms with van der Waals surface area (Å²) >= 11 is 6.52. The first-order chi connectivity index (χ1) is 9.58. The molecule has 2 atom stereocenters. The van der Waals surface area contributed by atoms with Crippen LogP contribution in [-0.2, 0) is 9.53 Å². The number of carbonyl (C=O) groups is 1. The monoisotopic (exact) mass is 288 g/mol. The van der Waals surface area contributed by atoms with E-state index in [1.54, 1.807) is 6.08 Å². The van der Waals surface area contributed by atoms with Crippen molar-refractivity contribution < 1.29 is 14.6 Å². The zero-order chi connectivity index (χ0) is 14.2. The Kier molecular flexibility index (Phi) is 3.14. The number of benzene rings is 1. The van der Waals surface area contributed by atoms with Crippen molar-refractivity contribution in [3.05, 3.63) is 71.5 Å². The molecule has 0 aromatic heterocycles. The van der Waals surface area contributed by atoms with Crippen molar-refractivity contribution in [1.29, 1.82) is 0 Å². The van der Waals surface area contributed by atoms with E-state index in [2.05, 4.69) is 0 Å². The van der Waals surface area contributed by atoms with Gasteiger partial charge in [0.25, 0.3) is 0 Å². The molecular formula is C16H13ClO3. The second kappa shape index (κ2) is 4.84. The maximum Gasteiger partial charge on any atom is 0.308 e. The van der Waals surface area contributed by atoms with Crippen LogP contribution < -0.4 is 0 Å². The van der Waals surface area contributed by atoms with Crippen LogP contribution in [0.1, 0.15) is 17.9 Å². The molecule has 20 heavy (non-hydrogen) atoms. The summed E-state index contributed by atoms with van der Waals surface area (Å²) in [6, 6.07) is 9.58. The van der Waals surface area contributed by atoms with Crippen LogP contribution in [0.5, 0.6) is 0 Å². The molecule has 2 unspecified atom stereocenters. The third-order valence-corrected chi connectivity index (χ3v) is 3.90. The van der Waals surface area contributed by atoms with Gasteiger partial charge in [0.1, 0.15) is 12.2 Å². The molecule has 102 valence electrons. The summed E-state index contributed by atoms with van der Waals surface area (Å²) in [5.41, 5.74) is 1.89. The minimum absolute atomic E-state index is 0.269. The molecule has 3 nitrogen and oxygen atoms in total. The van der Waals surface area contributed by atoms with E-state index in [1.807, 2.05) is 48.6 Å². The molecule has 4 heteroatoms. The van der Waals surface area contributed by atoms with Gasteiger partial charge in [-0.1, -0.05) is 60.2 Å². The molecule has 0 saturated carbocycles. The number of halogens is 1. The normalized spacial score (nSPS) is 27.4. The minimum Gasteiger partial charge on any atom is -0.481 e. The summed E-state index contributed by atoms with van der Waals surface area (Å²) in [6.45, 7) is 0. The van der Waals surface area contributed by atoms with E-state index in [0.717, 1.165) is 11.1 Å². The molecule has 0 bridgehead atoms. The zero-order valence-electron chi connectivity index (χ0n) is 10.6. The predicted octanol–water partition coefficient (Wildman–Crippen LogP) is 3.59. The molecule has 3 rings (SSSR count). The zero-order valence-corrected chi connectivity index (χ0v) is 11.4. The van der Waals surface area contributed by atoms with Crippen molar-refractivity contribution in [3.63, 3.8) is 0 Å². The molecule has 0 radical (unpaired) electrons. The standard InChI is InChI=1S/C16H13ClO3/c17-16(10-15(18)19)13(11-5-2-1-3-6-11)9-12-7-4-8-14(12)20-16/h1-9,13H,10H2,(H,18,19). The topological polar surface area (TPSA) is 46.5 Å². The SMILES string of the molecule is O=C(O)CC1(Cl)OC2=CC=CC2=CC1c1ccccc1. The molecule has 1 heterocycles. The fraction of sp³-hybridized carbons (Fsp3) is 0.188. The Morgan fingerprint density at radius 1 is 1.35 bits per heavy atom. The lowest BCUT2D eigenvalue weighted by Crippen LogP contribution is -2.37. The van der Waals surface area contributed by atoms with Gasteiger partial charge in [-0.3, -0.25) is 4.79 Å². The molecule has 0 saturated heterocycles. The maximum atomic E-state index is 11.1. The van der Waals surface area contributed by atoms with Crippen molar-refractivity contribution in [2.45, 2.75) is 17.4 Å². The van der Waals surface area contributed by atoms with Crippen molar-refractivity contribution in [1.82, 2.24) is 0 Å². The van der Waals surface area contributed by atoms with Gasteiger partial charge in [0, 0.05) is 5.57 Å². The molecule has 0 fully saturated rings. The molecule has 0 amide bonds. The number of rotatable bonds is 3. The van der Waals surface area contributed by atoms with E-state index in [0.29, 0.717) is 5.76 Å². The van der Waals surface area contributed by atoms with Gasteiger partial charge in [-0.15, -0.1) is 0 Å². The van der Waals surface area contributed by atoms with E-state index in [9.17, 15) is 4.79 Å². The third-order valence-electron chi connectivity index (χ3n) is 3.45. The lowest BCUT2D eigenvalue weighted by atomic mass is 9.87. The Morgan fingerprint density at radius 2 is 2.10 bits per heavy atom. The summed E-state index contributed by atoms with van der Waals surface area (Å²) in [5, 5.41) is 7.82. The summed E-state index contributed by atoms with van der Waals surface area (Å²) in [7, 11) is 0. The average Bonchev–Trinajstić information content (AvgIpc) is 2.84. The highest BCUT2D eigenvalue weighted by molar-refractivity contribution is 6.25. The van der Waals surface area contributed by atoms with Crippen LogP contribution in [0.25, 0.3) is 0 Å². The van der Waals surface area contributed by atoms with Gasteiger partial charge in [-0.25, -0.2) is 0 Å². The quantitative estimate of drug-likeness (QED) is 0.865. The van der Waals surface area contributed by atoms with Gasteiger partial charge in [0.05, 0.1) is 5.92 Å². The van der Waals surface area contributed by atoms with Crippen molar-refractivity contribution >= 4 is 17.6 Å². The van der Waals surface area contributed by atoms with Gasteiger partial charge in [0.2, 0.25) is 5.06 Å². The van der Waals surface area contributed by atoms with Gasteiger partial charge in [0.15, 0.2) is 0 Å². The highest BCUT2D eigenvalue weighted by Gasteiger charge is 2.45. The first-order valence-electron chi connectivity index (χ1n) is 6.34. The highest BCUT2D eigenvalue weighted by atomic mass is 35.5. The van der Waals surface area contributed by atoms with Crippen molar-refractivity contribution in [2.75, 3.05) is 0 Å². The number of aliphatic carboxylic acids is 1. The second-order valence-corrected chi connectivity index (χ2v) is 5.50. The number of carboxylic acid groups (broad SMARTS) is 1. The molecular weight excluding hydrogens is 276 g/mol.